The van der Waals surface area contributed by atoms with Gasteiger partial charge in [-0.1, -0.05) is 128 Å². The molecule has 0 saturated carbocycles. The van der Waals surface area contributed by atoms with E-state index < -0.39 is 8.80 Å². The number of aliphatic imine (C=N–C) groups is 1. The van der Waals surface area contributed by atoms with E-state index in [1.54, 1.807) is 6.08 Å². The van der Waals surface area contributed by atoms with Crippen LogP contribution in [0.4, 0.5) is 0 Å². The molecule has 0 heterocycles. The van der Waals surface area contributed by atoms with Crippen LogP contribution in [0.5, 0.6) is 0 Å². The van der Waals surface area contributed by atoms with Crippen LogP contribution in [0.1, 0.15) is 162 Å². The van der Waals surface area contributed by atoms with Crippen LogP contribution in [0.25, 0.3) is 0 Å². The molecule has 0 aromatic heterocycles. The smallest absolute Gasteiger partial charge is 0.374 e. The molecule has 0 aliphatic rings. The zero-order valence-corrected chi connectivity index (χ0v) is 26.2. The molecule has 0 unspecified atom stereocenters. The summed E-state index contributed by atoms with van der Waals surface area (Å²) < 4.78 is 17.9. The standard InChI is InChI=1S/C31H63NO4Si/c1-4-34-37(35-5-2,36-6-3)30-28-26-24-22-20-18-16-14-12-10-8-7-9-11-13-15-17-19-21-23-25-27-29-32-31-33/h4-30H2,1-3H3. The van der Waals surface area contributed by atoms with Crippen molar-refractivity contribution in [2.45, 2.75) is 168 Å². The average Bonchev–Trinajstić information content (AvgIpc) is 2.89. The van der Waals surface area contributed by atoms with Crippen molar-refractivity contribution in [3.05, 3.63) is 0 Å². The van der Waals surface area contributed by atoms with Crippen LogP contribution in [0.3, 0.4) is 0 Å². The van der Waals surface area contributed by atoms with Gasteiger partial charge in [0.15, 0.2) is 0 Å². The summed E-state index contributed by atoms with van der Waals surface area (Å²) in [5.41, 5.74) is 0. The van der Waals surface area contributed by atoms with Crippen LogP contribution in [-0.4, -0.2) is 41.2 Å². The summed E-state index contributed by atoms with van der Waals surface area (Å²) in [6.45, 7) is 8.79. The summed E-state index contributed by atoms with van der Waals surface area (Å²) in [6, 6.07) is 0.963. The van der Waals surface area contributed by atoms with Crippen molar-refractivity contribution in [2.24, 2.45) is 4.99 Å². The average molecular weight is 542 g/mol. The predicted molar refractivity (Wildman–Crippen MR) is 160 cm³/mol. The molecule has 0 N–H and O–H groups in total. The van der Waals surface area contributed by atoms with Crippen molar-refractivity contribution < 1.29 is 18.1 Å². The number of rotatable bonds is 31. The minimum absolute atomic E-state index is 0.661. The fraction of sp³-hybridized carbons (Fsp3) is 0.968. The first-order chi connectivity index (χ1) is 18.2. The Kier molecular flexibility index (Phi) is 29.6. The van der Waals surface area contributed by atoms with Gasteiger partial charge < -0.3 is 13.3 Å². The molecule has 0 radical (unpaired) electrons. The van der Waals surface area contributed by atoms with Gasteiger partial charge in [-0.15, -0.1) is 0 Å². The third-order valence-electron chi connectivity index (χ3n) is 7.16. The van der Waals surface area contributed by atoms with Crippen LogP contribution in [0.2, 0.25) is 6.04 Å². The molecule has 0 bridgehead atoms. The second kappa shape index (κ2) is 30.0. The second-order valence-corrected chi connectivity index (χ2v) is 13.2. The molecule has 0 aromatic carbocycles. The third kappa shape index (κ3) is 25.5. The number of unbranched alkanes of at least 4 members (excludes halogenated alkanes) is 21. The number of isocyanates is 1. The van der Waals surface area contributed by atoms with E-state index in [0.717, 1.165) is 18.9 Å². The van der Waals surface area contributed by atoms with Crippen molar-refractivity contribution in [2.75, 3.05) is 26.4 Å². The molecule has 0 rings (SSSR count). The molecule has 220 valence electrons. The van der Waals surface area contributed by atoms with E-state index >= 15 is 0 Å². The van der Waals surface area contributed by atoms with Gasteiger partial charge in [0.1, 0.15) is 0 Å². The highest BCUT2D eigenvalue weighted by Crippen LogP contribution is 2.21. The SMILES string of the molecule is CCO[Si](CCCCCCCCCCCCCCCCCCCCCCCCN=C=O)(OCC)OCC. The summed E-state index contributed by atoms with van der Waals surface area (Å²) in [5, 5.41) is 0. The van der Waals surface area contributed by atoms with Gasteiger partial charge in [0.25, 0.3) is 0 Å². The molecule has 0 spiro atoms. The minimum atomic E-state index is -2.42. The van der Waals surface area contributed by atoms with Crippen molar-refractivity contribution in [3.63, 3.8) is 0 Å². The fourth-order valence-electron chi connectivity index (χ4n) is 5.11. The van der Waals surface area contributed by atoms with Gasteiger partial charge in [-0.05, 0) is 33.6 Å². The molecular formula is C31H63NO4Si. The monoisotopic (exact) mass is 541 g/mol. The highest BCUT2D eigenvalue weighted by Gasteiger charge is 2.39. The normalized spacial score (nSPS) is 11.6. The summed E-state index contributed by atoms with van der Waals surface area (Å²) >= 11 is 0. The molecule has 0 amide bonds. The Labute approximate surface area is 232 Å². The largest absolute Gasteiger partial charge is 0.500 e. The molecule has 0 atom stereocenters. The topological polar surface area (TPSA) is 57.1 Å². The fourth-order valence-corrected chi connectivity index (χ4v) is 7.80. The second-order valence-electron chi connectivity index (χ2n) is 10.5. The Bertz CT molecular complexity index is 483. The van der Waals surface area contributed by atoms with E-state index in [-0.39, 0.29) is 0 Å². The molecule has 5 nitrogen and oxygen atoms in total. The Hall–Kier alpha value is -0.523. The lowest BCUT2D eigenvalue weighted by molar-refractivity contribution is 0.0706. The lowest BCUT2D eigenvalue weighted by Gasteiger charge is -2.28. The van der Waals surface area contributed by atoms with Gasteiger partial charge >= 0.3 is 8.80 Å². The molecule has 6 heteroatoms. The zero-order chi connectivity index (χ0) is 27.1. The maximum atomic E-state index is 9.98. The molecule has 0 fully saturated rings. The number of hydrogen-bond donors (Lipinski definition) is 0. The maximum absolute atomic E-state index is 9.98. The van der Waals surface area contributed by atoms with Gasteiger partial charge in [0.05, 0.1) is 6.54 Å². The zero-order valence-electron chi connectivity index (χ0n) is 25.2. The first-order valence-electron chi connectivity index (χ1n) is 16.2. The van der Waals surface area contributed by atoms with Gasteiger partial charge in [0.2, 0.25) is 6.08 Å². The number of carbonyl (C=O) groups excluding carboxylic acids is 1. The highest BCUT2D eigenvalue weighted by atomic mass is 28.4. The Balaban J connectivity index is 3.31. The van der Waals surface area contributed by atoms with E-state index in [4.69, 9.17) is 13.3 Å². The Morgan fingerprint density at radius 3 is 1.00 bits per heavy atom. The first kappa shape index (κ1) is 36.5. The lowest BCUT2D eigenvalue weighted by Crippen LogP contribution is -2.45. The van der Waals surface area contributed by atoms with Crippen molar-refractivity contribution in [1.82, 2.24) is 0 Å². The summed E-state index contributed by atoms with van der Waals surface area (Å²) in [6.07, 6.45) is 31.4. The van der Waals surface area contributed by atoms with E-state index in [0.29, 0.717) is 26.4 Å². The van der Waals surface area contributed by atoms with Gasteiger partial charge in [-0.3, -0.25) is 0 Å². The third-order valence-corrected chi connectivity index (χ3v) is 10.3. The molecular weight excluding hydrogens is 478 g/mol. The van der Waals surface area contributed by atoms with E-state index in [1.807, 2.05) is 20.8 Å². The van der Waals surface area contributed by atoms with Crippen LogP contribution >= 0.6 is 0 Å². The Morgan fingerprint density at radius 1 is 0.459 bits per heavy atom. The summed E-state index contributed by atoms with van der Waals surface area (Å²) in [4.78, 5) is 13.6. The number of hydrogen-bond acceptors (Lipinski definition) is 5. The first-order valence-corrected chi connectivity index (χ1v) is 18.1. The van der Waals surface area contributed by atoms with Crippen molar-refractivity contribution in [1.29, 1.82) is 0 Å². The molecule has 0 aromatic rings. The van der Waals surface area contributed by atoms with E-state index in [9.17, 15) is 4.79 Å². The molecule has 37 heavy (non-hydrogen) atoms. The highest BCUT2D eigenvalue weighted by molar-refractivity contribution is 6.60. The molecule has 0 aliphatic heterocycles. The minimum Gasteiger partial charge on any atom is -0.374 e. The predicted octanol–water partition coefficient (Wildman–Crippen LogP) is 9.95. The van der Waals surface area contributed by atoms with Crippen LogP contribution in [0.15, 0.2) is 4.99 Å². The van der Waals surface area contributed by atoms with Crippen LogP contribution in [-0.2, 0) is 18.1 Å². The number of nitrogens with zero attached hydrogens (tertiary/aromatic N) is 1. The lowest BCUT2D eigenvalue weighted by atomic mass is 10.0. The Morgan fingerprint density at radius 2 is 0.730 bits per heavy atom. The van der Waals surface area contributed by atoms with Crippen molar-refractivity contribution >= 4 is 14.9 Å². The quantitative estimate of drug-likeness (QED) is 0.0379. The van der Waals surface area contributed by atoms with Crippen LogP contribution in [0, 0.1) is 0 Å². The van der Waals surface area contributed by atoms with Gasteiger partial charge in [-0.25, -0.2) is 9.79 Å². The van der Waals surface area contributed by atoms with E-state index in [1.165, 1.54) is 128 Å². The molecule has 0 aliphatic carbocycles. The maximum Gasteiger partial charge on any atom is 0.500 e. The van der Waals surface area contributed by atoms with Crippen molar-refractivity contribution in [3.8, 4) is 0 Å². The van der Waals surface area contributed by atoms with Crippen LogP contribution < -0.4 is 0 Å². The van der Waals surface area contributed by atoms with Gasteiger partial charge in [-0.2, -0.15) is 0 Å². The van der Waals surface area contributed by atoms with E-state index in [2.05, 4.69) is 4.99 Å². The summed E-state index contributed by atoms with van der Waals surface area (Å²) in [7, 11) is -2.42. The molecule has 0 saturated heterocycles. The van der Waals surface area contributed by atoms with Gasteiger partial charge in [0, 0.05) is 25.9 Å². The summed E-state index contributed by atoms with van der Waals surface area (Å²) in [5.74, 6) is 0.